The zero-order chi connectivity index (χ0) is 14.4. The van der Waals surface area contributed by atoms with Crippen molar-refractivity contribution in [1.29, 1.82) is 0 Å². The van der Waals surface area contributed by atoms with Crippen LogP contribution in [0.25, 0.3) is 0 Å². The molecule has 0 radical (unpaired) electrons. The molecule has 2 rings (SSSR count). The molecule has 0 amide bonds. The summed E-state index contributed by atoms with van der Waals surface area (Å²) >= 11 is 6.11. The molecule has 0 bridgehead atoms. The Morgan fingerprint density at radius 2 is 2.25 bits per heavy atom. The first-order valence-electron chi connectivity index (χ1n) is 7.47. The lowest BCUT2D eigenvalue weighted by atomic mass is 10.0. The molecule has 112 valence electrons. The minimum atomic E-state index is -0.490. The third kappa shape index (κ3) is 4.45. The van der Waals surface area contributed by atoms with E-state index in [0.29, 0.717) is 17.5 Å². The molecule has 1 aliphatic rings. The van der Waals surface area contributed by atoms with E-state index in [0.717, 1.165) is 38.2 Å². The van der Waals surface area contributed by atoms with Crippen LogP contribution in [0.4, 0.5) is 0 Å². The van der Waals surface area contributed by atoms with E-state index < -0.39 is 6.10 Å². The van der Waals surface area contributed by atoms with Crippen molar-refractivity contribution in [2.24, 2.45) is 0 Å². The molecule has 1 fully saturated rings. The van der Waals surface area contributed by atoms with Crippen LogP contribution >= 0.6 is 11.6 Å². The second-order valence-corrected chi connectivity index (χ2v) is 5.75. The van der Waals surface area contributed by atoms with Gasteiger partial charge >= 0.3 is 0 Å². The van der Waals surface area contributed by atoms with Crippen LogP contribution in [0.15, 0.2) is 24.3 Å². The number of aliphatic hydroxyl groups excluding tert-OH is 1. The summed E-state index contributed by atoms with van der Waals surface area (Å²) in [6, 6.07) is 7.52. The van der Waals surface area contributed by atoms with Crippen molar-refractivity contribution in [3.63, 3.8) is 0 Å². The van der Waals surface area contributed by atoms with E-state index in [1.807, 2.05) is 31.2 Å². The van der Waals surface area contributed by atoms with E-state index in [-0.39, 0.29) is 0 Å². The lowest BCUT2D eigenvalue weighted by molar-refractivity contribution is 0.00212. The van der Waals surface area contributed by atoms with Crippen LogP contribution in [0.1, 0.15) is 37.9 Å². The molecule has 1 aromatic rings. The second kappa shape index (κ2) is 7.99. The Labute approximate surface area is 126 Å². The highest BCUT2D eigenvalue weighted by molar-refractivity contribution is 6.31. The summed E-state index contributed by atoms with van der Waals surface area (Å²) in [6.45, 7) is 5.78. The van der Waals surface area contributed by atoms with Crippen molar-refractivity contribution < 1.29 is 9.84 Å². The highest BCUT2D eigenvalue weighted by Crippen LogP contribution is 2.25. The van der Waals surface area contributed by atoms with Gasteiger partial charge < -0.3 is 14.7 Å². The quantitative estimate of drug-likeness (QED) is 0.875. The summed E-state index contributed by atoms with van der Waals surface area (Å²) in [7, 11) is 0. The first-order valence-corrected chi connectivity index (χ1v) is 7.85. The van der Waals surface area contributed by atoms with Crippen LogP contribution in [0.5, 0.6) is 0 Å². The average molecular weight is 298 g/mol. The normalized spacial score (nSPS) is 21.9. The van der Waals surface area contributed by atoms with Gasteiger partial charge in [0.15, 0.2) is 0 Å². The molecule has 4 heteroatoms. The number of hydrogen-bond donors (Lipinski definition) is 1. The van der Waals surface area contributed by atoms with Gasteiger partial charge in [0.1, 0.15) is 0 Å². The molecule has 1 aromatic carbocycles. The summed E-state index contributed by atoms with van der Waals surface area (Å²) in [5.41, 5.74) is 0.826. The van der Waals surface area contributed by atoms with E-state index in [1.54, 1.807) is 0 Å². The van der Waals surface area contributed by atoms with E-state index >= 15 is 0 Å². The Hall–Kier alpha value is -0.610. The molecule has 3 nitrogen and oxygen atoms in total. The molecule has 2 unspecified atom stereocenters. The highest BCUT2D eigenvalue weighted by atomic mass is 35.5. The first-order chi connectivity index (χ1) is 9.70. The molecule has 1 aliphatic heterocycles. The van der Waals surface area contributed by atoms with Gasteiger partial charge in [-0.2, -0.15) is 0 Å². The van der Waals surface area contributed by atoms with Crippen molar-refractivity contribution in [3.8, 4) is 0 Å². The number of aliphatic hydroxyl groups is 1. The second-order valence-electron chi connectivity index (χ2n) is 5.35. The Bertz CT molecular complexity index is 411. The third-order valence-electron chi connectivity index (χ3n) is 3.85. The summed E-state index contributed by atoms with van der Waals surface area (Å²) in [5.74, 6) is 0. The lowest BCUT2D eigenvalue weighted by Crippen LogP contribution is -2.40. The smallest absolute Gasteiger partial charge is 0.0816 e. The maximum absolute atomic E-state index is 10.3. The molecular weight excluding hydrogens is 274 g/mol. The zero-order valence-corrected chi connectivity index (χ0v) is 12.9. The highest BCUT2D eigenvalue weighted by Gasteiger charge is 2.21. The van der Waals surface area contributed by atoms with E-state index in [9.17, 15) is 5.11 Å². The molecule has 2 atom stereocenters. The van der Waals surface area contributed by atoms with Crippen molar-refractivity contribution in [3.05, 3.63) is 34.9 Å². The molecule has 1 N–H and O–H groups in total. The average Bonchev–Trinajstić information content (AvgIpc) is 2.46. The molecule has 1 heterocycles. The molecule has 0 aromatic heterocycles. The summed E-state index contributed by atoms with van der Waals surface area (Å²) < 4.78 is 5.70. The van der Waals surface area contributed by atoms with Crippen molar-refractivity contribution in [2.45, 2.75) is 38.4 Å². The number of likely N-dealkylation sites (tertiary alicyclic amines) is 1. The maximum atomic E-state index is 10.3. The largest absolute Gasteiger partial charge is 0.388 e. The molecule has 1 saturated heterocycles. The van der Waals surface area contributed by atoms with Gasteiger partial charge in [0, 0.05) is 24.7 Å². The van der Waals surface area contributed by atoms with Crippen LogP contribution in [0, 0.1) is 0 Å². The Morgan fingerprint density at radius 3 is 3.00 bits per heavy atom. The van der Waals surface area contributed by atoms with Crippen molar-refractivity contribution >= 4 is 11.6 Å². The minimum absolute atomic E-state index is 0.353. The number of halogens is 1. The maximum Gasteiger partial charge on any atom is 0.0816 e. The summed E-state index contributed by atoms with van der Waals surface area (Å²) in [5, 5.41) is 10.9. The number of rotatable bonds is 6. The minimum Gasteiger partial charge on any atom is -0.388 e. The third-order valence-corrected chi connectivity index (χ3v) is 4.19. The van der Waals surface area contributed by atoms with Crippen LogP contribution in [0.2, 0.25) is 5.02 Å². The van der Waals surface area contributed by atoms with Gasteiger partial charge in [-0.25, -0.2) is 0 Å². The number of piperidine rings is 1. The van der Waals surface area contributed by atoms with Gasteiger partial charge in [0.2, 0.25) is 0 Å². The van der Waals surface area contributed by atoms with Crippen LogP contribution in [-0.2, 0) is 4.74 Å². The van der Waals surface area contributed by atoms with Gasteiger partial charge in [-0.1, -0.05) is 29.8 Å². The number of ether oxygens (including phenoxy) is 1. The molecule has 0 spiro atoms. The summed E-state index contributed by atoms with van der Waals surface area (Å²) in [6.07, 6.45) is 2.90. The Morgan fingerprint density at radius 1 is 1.45 bits per heavy atom. The predicted octanol–water partition coefficient (Wildman–Crippen LogP) is 3.26. The molecule has 0 saturated carbocycles. The standard InChI is InChI=1S/C16H24ClNO2/c1-2-20-13-6-5-10-18(12-13)11-9-16(19)14-7-3-4-8-15(14)17/h3-4,7-8,13,16,19H,2,5-6,9-12H2,1H3. The predicted molar refractivity (Wildman–Crippen MR) is 82.1 cm³/mol. The Balaban J connectivity index is 1.81. The van der Waals surface area contributed by atoms with E-state index in [1.165, 1.54) is 6.42 Å². The van der Waals surface area contributed by atoms with E-state index in [2.05, 4.69) is 4.90 Å². The van der Waals surface area contributed by atoms with Crippen LogP contribution in [-0.4, -0.2) is 42.4 Å². The topological polar surface area (TPSA) is 32.7 Å². The Kier molecular flexibility index (Phi) is 6.30. The summed E-state index contributed by atoms with van der Waals surface area (Å²) in [4.78, 5) is 2.38. The van der Waals surface area contributed by atoms with Crippen LogP contribution in [0.3, 0.4) is 0 Å². The lowest BCUT2D eigenvalue weighted by Gasteiger charge is -2.32. The zero-order valence-electron chi connectivity index (χ0n) is 12.1. The van der Waals surface area contributed by atoms with Gasteiger partial charge in [-0.05, 0) is 44.4 Å². The van der Waals surface area contributed by atoms with Gasteiger partial charge in [0.25, 0.3) is 0 Å². The van der Waals surface area contributed by atoms with Gasteiger partial charge in [0.05, 0.1) is 12.2 Å². The number of benzene rings is 1. The van der Waals surface area contributed by atoms with E-state index in [4.69, 9.17) is 16.3 Å². The fraction of sp³-hybridized carbons (Fsp3) is 0.625. The molecular formula is C16H24ClNO2. The first kappa shape index (κ1) is 15.8. The molecule has 20 heavy (non-hydrogen) atoms. The number of nitrogens with zero attached hydrogens (tertiary/aromatic N) is 1. The molecule has 0 aliphatic carbocycles. The van der Waals surface area contributed by atoms with Gasteiger partial charge in [-0.15, -0.1) is 0 Å². The monoisotopic (exact) mass is 297 g/mol. The van der Waals surface area contributed by atoms with Crippen molar-refractivity contribution in [1.82, 2.24) is 4.90 Å². The fourth-order valence-electron chi connectivity index (χ4n) is 2.79. The fourth-order valence-corrected chi connectivity index (χ4v) is 3.06. The van der Waals surface area contributed by atoms with Crippen LogP contribution < -0.4 is 0 Å². The van der Waals surface area contributed by atoms with Crippen molar-refractivity contribution in [2.75, 3.05) is 26.2 Å². The number of hydrogen-bond acceptors (Lipinski definition) is 3. The van der Waals surface area contributed by atoms with Gasteiger partial charge in [-0.3, -0.25) is 0 Å². The SMILES string of the molecule is CCOC1CCCN(CCC(O)c2ccccc2Cl)C1.